The molecule has 2 aromatic heterocycles. The molecule has 0 unspecified atom stereocenters. The molecular weight excluding hydrogens is 186 g/mol. The molecule has 0 fully saturated rings. The molecular formula is C8H7N3OS. The lowest BCUT2D eigenvalue weighted by atomic mass is 10.3. The van der Waals surface area contributed by atoms with Crippen molar-refractivity contribution in [2.24, 2.45) is 0 Å². The lowest BCUT2D eigenvalue weighted by Gasteiger charge is -2.01. The van der Waals surface area contributed by atoms with Crippen LogP contribution in [0.2, 0.25) is 0 Å². The number of rotatable bonds is 1. The first kappa shape index (κ1) is 8.12. The third kappa shape index (κ3) is 1.38. The number of aromatic nitrogens is 3. The fourth-order valence-corrected chi connectivity index (χ4v) is 1.29. The van der Waals surface area contributed by atoms with E-state index in [0.29, 0.717) is 16.3 Å². The Morgan fingerprint density at radius 1 is 1.54 bits per heavy atom. The van der Waals surface area contributed by atoms with Gasteiger partial charge in [0.1, 0.15) is 5.65 Å². The highest BCUT2D eigenvalue weighted by Gasteiger charge is 2.02. The molecule has 0 aliphatic rings. The van der Waals surface area contributed by atoms with Crippen LogP contribution in [0.15, 0.2) is 18.3 Å². The summed E-state index contributed by atoms with van der Waals surface area (Å²) in [4.78, 5) is 11.0. The average Bonchev–Trinajstić information content (AvgIpc) is 2.16. The van der Waals surface area contributed by atoms with Crippen molar-refractivity contribution < 1.29 is 4.74 Å². The Bertz CT molecular complexity index is 494. The van der Waals surface area contributed by atoms with Gasteiger partial charge in [-0.3, -0.25) is 0 Å². The second-order valence-corrected chi connectivity index (χ2v) is 2.84. The first-order chi connectivity index (χ1) is 6.31. The van der Waals surface area contributed by atoms with Gasteiger partial charge in [-0.15, -0.1) is 0 Å². The second kappa shape index (κ2) is 3.10. The zero-order chi connectivity index (χ0) is 9.26. The summed E-state index contributed by atoms with van der Waals surface area (Å²) in [5, 5.41) is 0.832. The highest BCUT2D eigenvalue weighted by molar-refractivity contribution is 7.71. The molecule has 0 saturated heterocycles. The standard InChI is InChI=1S/C8H7N3OS/c1-12-7-5-3-2-4-9-6(5)10-8(13)11-7/h2-4H,1H3,(H,9,10,11,13). The molecule has 2 heterocycles. The second-order valence-electron chi connectivity index (χ2n) is 2.45. The Morgan fingerprint density at radius 3 is 3.15 bits per heavy atom. The third-order valence-corrected chi connectivity index (χ3v) is 1.85. The summed E-state index contributed by atoms with van der Waals surface area (Å²) >= 11 is 4.91. The molecule has 0 atom stereocenters. The third-order valence-electron chi connectivity index (χ3n) is 1.66. The van der Waals surface area contributed by atoms with E-state index in [4.69, 9.17) is 17.0 Å². The van der Waals surface area contributed by atoms with Gasteiger partial charge in [-0.25, -0.2) is 4.98 Å². The van der Waals surface area contributed by atoms with Crippen molar-refractivity contribution in [1.29, 1.82) is 0 Å². The maximum atomic E-state index is 5.07. The van der Waals surface area contributed by atoms with Gasteiger partial charge >= 0.3 is 0 Å². The van der Waals surface area contributed by atoms with E-state index < -0.39 is 0 Å². The van der Waals surface area contributed by atoms with Gasteiger partial charge in [0.15, 0.2) is 0 Å². The minimum absolute atomic E-state index is 0.378. The van der Waals surface area contributed by atoms with Crippen LogP contribution < -0.4 is 4.74 Å². The normalized spacial score (nSPS) is 10.2. The molecule has 0 saturated carbocycles. The van der Waals surface area contributed by atoms with E-state index >= 15 is 0 Å². The predicted molar refractivity (Wildman–Crippen MR) is 51.3 cm³/mol. The Kier molecular flexibility index (Phi) is 1.94. The Hall–Kier alpha value is -1.49. The summed E-state index contributed by atoms with van der Waals surface area (Å²) in [7, 11) is 1.56. The molecule has 13 heavy (non-hydrogen) atoms. The van der Waals surface area contributed by atoms with E-state index in [2.05, 4.69) is 15.0 Å². The summed E-state index contributed by atoms with van der Waals surface area (Å²) < 4.78 is 5.45. The monoisotopic (exact) mass is 193 g/mol. The number of fused-ring (bicyclic) bond motifs is 1. The maximum absolute atomic E-state index is 5.07. The largest absolute Gasteiger partial charge is 0.480 e. The number of H-pyrrole nitrogens is 1. The predicted octanol–water partition coefficient (Wildman–Crippen LogP) is 1.70. The van der Waals surface area contributed by atoms with Crippen LogP contribution in [-0.4, -0.2) is 22.1 Å². The molecule has 66 valence electrons. The van der Waals surface area contributed by atoms with E-state index in [0.717, 1.165) is 5.39 Å². The van der Waals surface area contributed by atoms with Crippen molar-refractivity contribution in [2.75, 3.05) is 7.11 Å². The Labute approximate surface area is 79.6 Å². The highest BCUT2D eigenvalue weighted by atomic mass is 32.1. The molecule has 4 nitrogen and oxygen atoms in total. The molecule has 0 aromatic carbocycles. The van der Waals surface area contributed by atoms with Gasteiger partial charge < -0.3 is 9.72 Å². The molecule has 0 bridgehead atoms. The summed E-state index contributed by atoms with van der Waals surface area (Å²) in [6, 6.07) is 3.70. The molecule has 0 radical (unpaired) electrons. The first-order valence-electron chi connectivity index (χ1n) is 3.70. The van der Waals surface area contributed by atoms with E-state index in [1.807, 2.05) is 12.1 Å². The Balaban J connectivity index is 2.89. The molecule has 2 rings (SSSR count). The molecule has 0 amide bonds. The van der Waals surface area contributed by atoms with Gasteiger partial charge in [0.2, 0.25) is 10.7 Å². The number of ether oxygens (including phenoxy) is 1. The van der Waals surface area contributed by atoms with Crippen LogP contribution in [0.25, 0.3) is 11.0 Å². The van der Waals surface area contributed by atoms with Crippen LogP contribution in [0.1, 0.15) is 0 Å². The summed E-state index contributed by atoms with van der Waals surface area (Å²) in [5.74, 6) is 0.506. The van der Waals surface area contributed by atoms with Gasteiger partial charge in [0.25, 0.3) is 0 Å². The van der Waals surface area contributed by atoms with E-state index in [-0.39, 0.29) is 0 Å². The van der Waals surface area contributed by atoms with Crippen LogP contribution in [0.3, 0.4) is 0 Å². The van der Waals surface area contributed by atoms with Crippen molar-refractivity contribution in [3.63, 3.8) is 0 Å². The van der Waals surface area contributed by atoms with E-state index in [1.165, 1.54) is 0 Å². The van der Waals surface area contributed by atoms with E-state index in [9.17, 15) is 0 Å². The van der Waals surface area contributed by atoms with Crippen LogP contribution in [0, 0.1) is 4.77 Å². The van der Waals surface area contributed by atoms with Gasteiger partial charge in [-0.05, 0) is 24.4 Å². The quantitative estimate of drug-likeness (QED) is 0.700. The Morgan fingerprint density at radius 2 is 2.38 bits per heavy atom. The van der Waals surface area contributed by atoms with Crippen LogP contribution in [0.5, 0.6) is 5.88 Å². The van der Waals surface area contributed by atoms with Crippen molar-refractivity contribution in [3.8, 4) is 5.88 Å². The van der Waals surface area contributed by atoms with Crippen LogP contribution in [-0.2, 0) is 0 Å². The smallest absolute Gasteiger partial charge is 0.226 e. The van der Waals surface area contributed by atoms with Gasteiger partial charge in [-0.1, -0.05) is 0 Å². The zero-order valence-electron chi connectivity index (χ0n) is 6.94. The highest BCUT2D eigenvalue weighted by Crippen LogP contribution is 2.18. The average molecular weight is 193 g/mol. The minimum Gasteiger partial charge on any atom is -0.480 e. The van der Waals surface area contributed by atoms with Crippen molar-refractivity contribution in [2.45, 2.75) is 0 Å². The van der Waals surface area contributed by atoms with Crippen molar-refractivity contribution >= 4 is 23.3 Å². The maximum Gasteiger partial charge on any atom is 0.226 e. The van der Waals surface area contributed by atoms with Gasteiger partial charge in [0.05, 0.1) is 12.5 Å². The first-order valence-corrected chi connectivity index (χ1v) is 4.11. The fraction of sp³-hybridized carbons (Fsp3) is 0.125. The molecule has 2 aromatic rings. The molecule has 0 aliphatic heterocycles. The molecule has 0 aliphatic carbocycles. The summed E-state index contributed by atoms with van der Waals surface area (Å²) in [5.41, 5.74) is 0.694. The fourth-order valence-electron chi connectivity index (χ4n) is 1.11. The molecule has 5 heteroatoms. The minimum atomic E-state index is 0.378. The lowest BCUT2D eigenvalue weighted by molar-refractivity contribution is 0.402. The lowest BCUT2D eigenvalue weighted by Crippen LogP contribution is -1.93. The van der Waals surface area contributed by atoms with Crippen molar-refractivity contribution in [3.05, 3.63) is 23.1 Å². The van der Waals surface area contributed by atoms with Crippen LogP contribution in [0.4, 0.5) is 0 Å². The van der Waals surface area contributed by atoms with Crippen molar-refractivity contribution in [1.82, 2.24) is 15.0 Å². The topological polar surface area (TPSA) is 50.8 Å². The molecule has 0 spiro atoms. The number of hydrogen-bond donors (Lipinski definition) is 1. The number of hydrogen-bond acceptors (Lipinski definition) is 4. The van der Waals surface area contributed by atoms with Gasteiger partial charge in [-0.2, -0.15) is 4.98 Å². The number of methoxy groups -OCH3 is 1. The van der Waals surface area contributed by atoms with Crippen LogP contribution >= 0.6 is 12.2 Å². The number of pyridine rings is 1. The zero-order valence-corrected chi connectivity index (χ0v) is 7.76. The molecule has 1 N–H and O–H groups in total. The summed E-state index contributed by atoms with van der Waals surface area (Å²) in [6.45, 7) is 0. The number of aromatic amines is 1. The SMILES string of the molecule is COc1nc(=S)[nH]c2ncccc12. The number of nitrogens with zero attached hydrogens (tertiary/aromatic N) is 2. The number of nitrogens with one attached hydrogen (secondary N) is 1. The van der Waals surface area contributed by atoms with Gasteiger partial charge in [0, 0.05) is 6.20 Å². The summed E-state index contributed by atoms with van der Waals surface area (Å²) in [6.07, 6.45) is 1.69. The van der Waals surface area contributed by atoms with E-state index in [1.54, 1.807) is 13.3 Å².